The first kappa shape index (κ1) is 21.4. The Labute approximate surface area is 185 Å². The quantitative estimate of drug-likeness (QED) is 0.478. The normalized spacial score (nSPS) is 18.1. The highest BCUT2D eigenvalue weighted by molar-refractivity contribution is 6.04. The Bertz CT molecular complexity index is 1150. The monoisotopic (exact) mass is 431 g/mol. The number of H-pyrrole nitrogens is 1. The van der Waals surface area contributed by atoms with E-state index in [1.165, 1.54) is 0 Å². The number of likely N-dealkylation sites (N-methyl/N-ethyl adjacent to an activating group) is 1. The maximum absolute atomic E-state index is 12.8. The number of benzene rings is 1. The van der Waals surface area contributed by atoms with E-state index in [0.29, 0.717) is 22.4 Å². The number of dihydropyridines is 1. The van der Waals surface area contributed by atoms with Gasteiger partial charge in [0.25, 0.3) is 11.5 Å². The fourth-order valence-corrected chi connectivity index (χ4v) is 3.70. The molecular formula is C23H25N7O2. The summed E-state index contributed by atoms with van der Waals surface area (Å²) in [6.45, 7) is 3.73. The lowest BCUT2D eigenvalue weighted by atomic mass is 10.1. The summed E-state index contributed by atoms with van der Waals surface area (Å²) in [6.07, 6.45) is 4.79. The molecule has 1 unspecified atom stereocenters. The number of carbonyl (C=O) groups is 1. The van der Waals surface area contributed by atoms with E-state index < -0.39 is 5.56 Å². The lowest BCUT2D eigenvalue weighted by molar-refractivity contribution is 0.102. The lowest BCUT2D eigenvalue weighted by Gasteiger charge is -2.29. The summed E-state index contributed by atoms with van der Waals surface area (Å²) in [4.78, 5) is 30.0. The smallest absolute Gasteiger partial charge is 0.271 e. The summed E-state index contributed by atoms with van der Waals surface area (Å²) >= 11 is 0. The van der Waals surface area contributed by atoms with Gasteiger partial charge in [-0.25, -0.2) is 0 Å². The van der Waals surface area contributed by atoms with Gasteiger partial charge in [-0.15, -0.1) is 0 Å². The van der Waals surface area contributed by atoms with Gasteiger partial charge in [0.05, 0.1) is 17.8 Å². The number of pyridine rings is 1. The number of aromatic amines is 1. The molecule has 9 heteroatoms. The Morgan fingerprint density at radius 3 is 2.66 bits per heavy atom. The van der Waals surface area contributed by atoms with Gasteiger partial charge in [-0.2, -0.15) is 5.26 Å². The zero-order valence-corrected chi connectivity index (χ0v) is 17.7. The Kier molecular flexibility index (Phi) is 6.35. The molecule has 0 radical (unpaired) electrons. The summed E-state index contributed by atoms with van der Waals surface area (Å²) < 4.78 is 0. The molecule has 3 heterocycles. The number of amides is 1. The molecule has 0 bridgehead atoms. The Morgan fingerprint density at radius 2 is 1.97 bits per heavy atom. The van der Waals surface area contributed by atoms with Crippen molar-refractivity contribution in [1.29, 1.82) is 5.26 Å². The number of nitriles is 1. The summed E-state index contributed by atoms with van der Waals surface area (Å²) in [6, 6.07) is 11.1. The fraction of sp³-hybridized carbons (Fsp3) is 0.261. The van der Waals surface area contributed by atoms with Crippen molar-refractivity contribution in [1.82, 2.24) is 20.9 Å². The van der Waals surface area contributed by atoms with Gasteiger partial charge < -0.3 is 25.8 Å². The number of hydrogen-bond acceptors (Lipinski definition) is 7. The van der Waals surface area contributed by atoms with Gasteiger partial charge in [0, 0.05) is 54.9 Å². The molecule has 1 fully saturated rings. The Morgan fingerprint density at radius 1 is 1.22 bits per heavy atom. The van der Waals surface area contributed by atoms with Crippen LogP contribution in [0.2, 0.25) is 0 Å². The van der Waals surface area contributed by atoms with Crippen LogP contribution >= 0.6 is 0 Å². The van der Waals surface area contributed by atoms with Crippen molar-refractivity contribution < 1.29 is 4.79 Å². The molecular weight excluding hydrogens is 406 g/mol. The number of anilines is 2. The number of carbonyl (C=O) groups excluding carboxylic acids is 1. The van der Waals surface area contributed by atoms with E-state index in [2.05, 4.69) is 37.2 Å². The van der Waals surface area contributed by atoms with E-state index >= 15 is 0 Å². The third kappa shape index (κ3) is 4.72. The van der Waals surface area contributed by atoms with Crippen LogP contribution in [0.1, 0.15) is 15.9 Å². The van der Waals surface area contributed by atoms with Crippen LogP contribution in [0.15, 0.2) is 59.0 Å². The predicted octanol–water partition coefficient (Wildman–Crippen LogP) is 0.976. The van der Waals surface area contributed by atoms with Crippen molar-refractivity contribution in [2.75, 3.05) is 43.4 Å². The third-order valence-corrected chi connectivity index (χ3v) is 5.47. The van der Waals surface area contributed by atoms with E-state index in [9.17, 15) is 14.9 Å². The molecule has 1 amide bonds. The second kappa shape index (κ2) is 9.51. The van der Waals surface area contributed by atoms with Crippen LogP contribution in [0.5, 0.6) is 0 Å². The summed E-state index contributed by atoms with van der Waals surface area (Å²) in [5.74, 6) is -0.365. The third-order valence-electron chi connectivity index (χ3n) is 5.47. The zero-order chi connectivity index (χ0) is 22.5. The van der Waals surface area contributed by atoms with Crippen LogP contribution in [0.3, 0.4) is 0 Å². The minimum atomic E-state index is -0.405. The topological polar surface area (TPSA) is 125 Å². The molecule has 2 aliphatic heterocycles. The van der Waals surface area contributed by atoms with Gasteiger partial charge in [-0.3, -0.25) is 14.9 Å². The van der Waals surface area contributed by atoms with Gasteiger partial charge in [0.1, 0.15) is 5.69 Å². The molecule has 32 heavy (non-hydrogen) atoms. The maximum Gasteiger partial charge on any atom is 0.271 e. The van der Waals surface area contributed by atoms with Crippen LogP contribution < -0.4 is 31.7 Å². The molecule has 9 nitrogen and oxygen atoms in total. The van der Waals surface area contributed by atoms with Crippen molar-refractivity contribution in [3.8, 4) is 6.07 Å². The molecule has 1 saturated heterocycles. The van der Waals surface area contributed by atoms with Crippen molar-refractivity contribution in [3.63, 3.8) is 0 Å². The molecule has 2 aromatic rings. The van der Waals surface area contributed by atoms with Crippen LogP contribution in [0, 0.1) is 11.3 Å². The summed E-state index contributed by atoms with van der Waals surface area (Å²) in [7, 11) is 1.78. The molecule has 0 saturated carbocycles. The number of hydrogen-bond donors (Lipinski definition) is 5. The number of piperazine rings is 1. The first-order valence-electron chi connectivity index (χ1n) is 10.4. The predicted molar refractivity (Wildman–Crippen MR) is 124 cm³/mol. The molecule has 0 spiro atoms. The van der Waals surface area contributed by atoms with Gasteiger partial charge in [0.2, 0.25) is 0 Å². The standard InChI is InChI=1S/C23H25N7O2/c1-25-21-11-15(13-24)10-19(28-21)17-12-20(23(32)27-14-17)29-22(31)16-2-4-18(5-3-16)30-8-6-26-7-9-30/h2-5,10-12,14,21,25-26,28H,6-9H2,1H3,(H,27,32)(H,29,31). The number of nitrogens with zero attached hydrogens (tertiary/aromatic N) is 2. The summed E-state index contributed by atoms with van der Waals surface area (Å²) in [5.41, 5.74) is 3.07. The van der Waals surface area contributed by atoms with Crippen molar-refractivity contribution in [3.05, 3.63) is 75.7 Å². The Hall–Kier alpha value is -3.87. The average Bonchev–Trinajstić information content (AvgIpc) is 2.85. The van der Waals surface area contributed by atoms with Crippen LogP contribution in [-0.2, 0) is 0 Å². The molecule has 0 aliphatic carbocycles. The molecule has 2 aliphatic rings. The number of aromatic nitrogens is 1. The molecule has 164 valence electrons. The van der Waals surface area contributed by atoms with E-state index in [4.69, 9.17) is 0 Å². The van der Waals surface area contributed by atoms with Gasteiger partial charge >= 0.3 is 0 Å². The average molecular weight is 432 g/mol. The van der Waals surface area contributed by atoms with Gasteiger partial charge in [-0.05, 0) is 49.5 Å². The molecule has 1 aromatic heterocycles. The minimum Gasteiger partial charge on any atom is -0.369 e. The van der Waals surface area contributed by atoms with Crippen molar-refractivity contribution in [2.45, 2.75) is 6.17 Å². The van der Waals surface area contributed by atoms with Gasteiger partial charge in [-0.1, -0.05) is 0 Å². The van der Waals surface area contributed by atoms with E-state index in [1.54, 1.807) is 43.6 Å². The fourth-order valence-electron chi connectivity index (χ4n) is 3.70. The Balaban J connectivity index is 1.51. The van der Waals surface area contributed by atoms with Crippen molar-refractivity contribution in [2.24, 2.45) is 0 Å². The molecule has 1 atom stereocenters. The van der Waals surface area contributed by atoms with Crippen molar-refractivity contribution >= 4 is 23.0 Å². The van der Waals surface area contributed by atoms with E-state index in [-0.39, 0.29) is 17.8 Å². The first-order valence-corrected chi connectivity index (χ1v) is 10.4. The highest BCUT2D eigenvalue weighted by Gasteiger charge is 2.17. The van der Waals surface area contributed by atoms with Crippen LogP contribution in [0.25, 0.3) is 5.70 Å². The maximum atomic E-state index is 12.8. The number of allylic oxidation sites excluding steroid dienone is 2. The minimum absolute atomic E-state index is 0.135. The zero-order valence-electron chi connectivity index (χ0n) is 17.7. The second-order valence-corrected chi connectivity index (χ2v) is 7.57. The highest BCUT2D eigenvalue weighted by Crippen LogP contribution is 2.20. The molecule has 4 rings (SSSR count). The molecule has 1 aromatic carbocycles. The second-order valence-electron chi connectivity index (χ2n) is 7.57. The summed E-state index contributed by atoms with van der Waals surface area (Å²) in [5, 5.41) is 21.6. The first-order chi connectivity index (χ1) is 15.6. The molecule has 5 N–H and O–H groups in total. The van der Waals surface area contributed by atoms with Gasteiger partial charge in [0.15, 0.2) is 0 Å². The number of nitrogens with one attached hydrogen (secondary N) is 5. The van der Waals surface area contributed by atoms with Crippen LogP contribution in [0.4, 0.5) is 11.4 Å². The van der Waals surface area contributed by atoms with E-state index in [1.807, 2.05) is 12.1 Å². The number of rotatable bonds is 5. The SMILES string of the molecule is CNC1C=C(C#N)C=C(c2c[nH]c(=O)c(NC(=O)c3ccc(N4CCNCC4)cc3)c2)N1. The highest BCUT2D eigenvalue weighted by atomic mass is 16.2. The lowest BCUT2D eigenvalue weighted by Crippen LogP contribution is -2.43. The van der Waals surface area contributed by atoms with E-state index in [0.717, 1.165) is 31.9 Å². The van der Waals surface area contributed by atoms with Crippen LogP contribution in [-0.4, -0.2) is 50.3 Å². The largest absolute Gasteiger partial charge is 0.369 e.